The van der Waals surface area contributed by atoms with E-state index in [1.807, 2.05) is 0 Å². The van der Waals surface area contributed by atoms with Gasteiger partial charge in [0, 0.05) is 22.2 Å². The third kappa shape index (κ3) is 4.22. The molecule has 0 aliphatic carbocycles. The van der Waals surface area contributed by atoms with Gasteiger partial charge in [-0.3, -0.25) is 4.79 Å². The molecule has 1 N–H and O–H groups in total. The van der Waals surface area contributed by atoms with Gasteiger partial charge in [-0.1, -0.05) is 41.4 Å². The van der Waals surface area contributed by atoms with Gasteiger partial charge in [-0.15, -0.1) is 0 Å². The fourth-order valence-electron chi connectivity index (χ4n) is 1.71. The summed E-state index contributed by atoms with van der Waals surface area (Å²) in [5, 5.41) is 3.62. The summed E-state index contributed by atoms with van der Waals surface area (Å²) in [5.41, 5.74) is 1.25. The van der Waals surface area contributed by atoms with Crippen molar-refractivity contribution in [2.75, 3.05) is 0 Å². The largest absolute Gasteiger partial charge is 0.352 e. The van der Waals surface area contributed by atoms with E-state index in [-0.39, 0.29) is 18.9 Å². The second kappa shape index (κ2) is 6.73. The molecule has 0 aromatic heterocycles. The number of rotatable bonds is 4. The summed E-state index contributed by atoms with van der Waals surface area (Å²) in [4.78, 5) is 11.8. The number of carbonyl (C=O) groups is 1. The van der Waals surface area contributed by atoms with Crippen LogP contribution in [0.5, 0.6) is 0 Å². The van der Waals surface area contributed by atoms with Crippen molar-refractivity contribution >= 4 is 29.1 Å². The highest BCUT2D eigenvalue weighted by Crippen LogP contribution is 2.14. The van der Waals surface area contributed by atoms with Crippen LogP contribution >= 0.6 is 23.2 Å². The lowest BCUT2D eigenvalue weighted by atomic mass is 10.1. The summed E-state index contributed by atoms with van der Waals surface area (Å²) in [5.74, 6) is -0.606. The molecule has 2 rings (SSSR count). The molecule has 0 bridgehead atoms. The molecular weight excluding hydrogens is 300 g/mol. The number of hydrogen-bond acceptors (Lipinski definition) is 1. The highest BCUT2D eigenvalue weighted by atomic mass is 35.5. The number of hydrogen-bond donors (Lipinski definition) is 1. The maximum Gasteiger partial charge on any atom is 0.224 e. The van der Waals surface area contributed by atoms with Crippen LogP contribution < -0.4 is 5.32 Å². The predicted octanol–water partition coefficient (Wildman–Crippen LogP) is 3.99. The molecule has 2 aromatic rings. The first-order valence-electron chi connectivity index (χ1n) is 5.99. The van der Waals surface area contributed by atoms with Crippen LogP contribution in [0.3, 0.4) is 0 Å². The highest BCUT2D eigenvalue weighted by Gasteiger charge is 2.06. The van der Waals surface area contributed by atoms with E-state index in [2.05, 4.69) is 5.32 Å². The number of halogens is 3. The SMILES string of the molecule is O=C(Cc1ccc(Cl)cc1)NCc1ccc(Cl)cc1F. The van der Waals surface area contributed by atoms with Crippen LogP contribution in [0.2, 0.25) is 10.0 Å². The first-order chi connectivity index (χ1) is 9.54. The Morgan fingerprint density at radius 3 is 2.35 bits per heavy atom. The summed E-state index contributed by atoms with van der Waals surface area (Å²) in [7, 11) is 0. The van der Waals surface area contributed by atoms with Crippen LogP contribution in [-0.4, -0.2) is 5.91 Å². The molecule has 0 fully saturated rings. The van der Waals surface area contributed by atoms with Gasteiger partial charge in [0.05, 0.1) is 6.42 Å². The number of nitrogens with one attached hydrogen (secondary N) is 1. The first kappa shape index (κ1) is 14.8. The quantitative estimate of drug-likeness (QED) is 0.908. The van der Waals surface area contributed by atoms with Crippen molar-refractivity contribution in [3.63, 3.8) is 0 Å². The molecule has 104 valence electrons. The van der Waals surface area contributed by atoms with Crippen LogP contribution in [0, 0.1) is 5.82 Å². The van der Waals surface area contributed by atoms with Gasteiger partial charge in [-0.25, -0.2) is 4.39 Å². The van der Waals surface area contributed by atoms with Gasteiger partial charge in [-0.2, -0.15) is 0 Å². The maximum atomic E-state index is 13.5. The van der Waals surface area contributed by atoms with Crippen molar-refractivity contribution in [3.05, 3.63) is 69.5 Å². The van der Waals surface area contributed by atoms with Gasteiger partial charge in [0.25, 0.3) is 0 Å². The van der Waals surface area contributed by atoms with E-state index in [4.69, 9.17) is 23.2 Å². The monoisotopic (exact) mass is 311 g/mol. The van der Waals surface area contributed by atoms with E-state index in [1.54, 1.807) is 36.4 Å². The standard InChI is InChI=1S/C15H12Cl2FNO/c16-12-4-1-10(2-5-12)7-15(20)19-9-11-3-6-13(17)8-14(11)18/h1-6,8H,7,9H2,(H,19,20). The Kier molecular flexibility index (Phi) is 4.99. The maximum absolute atomic E-state index is 13.5. The molecule has 0 heterocycles. The van der Waals surface area contributed by atoms with Crippen molar-refractivity contribution in [2.45, 2.75) is 13.0 Å². The van der Waals surface area contributed by atoms with E-state index in [1.165, 1.54) is 6.07 Å². The van der Waals surface area contributed by atoms with Crippen molar-refractivity contribution in [2.24, 2.45) is 0 Å². The Hall–Kier alpha value is -1.58. The molecule has 2 nitrogen and oxygen atoms in total. The highest BCUT2D eigenvalue weighted by molar-refractivity contribution is 6.30. The van der Waals surface area contributed by atoms with Crippen LogP contribution in [0.25, 0.3) is 0 Å². The van der Waals surface area contributed by atoms with E-state index in [9.17, 15) is 9.18 Å². The molecule has 0 aliphatic heterocycles. The molecule has 0 spiro atoms. The molecule has 0 unspecified atom stereocenters. The molecule has 0 saturated carbocycles. The number of amides is 1. The van der Waals surface area contributed by atoms with Crippen LogP contribution in [0.1, 0.15) is 11.1 Å². The lowest BCUT2D eigenvalue weighted by Crippen LogP contribution is -2.25. The Labute approximate surface area is 126 Å². The van der Waals surface area contributed by atoms with Crippen molar-refractivity contribution < 1.29 is 9.18 Å². The minimum atomic E-state index is -0.427. The number of carbonyl (C=O) groups excluding carboxylic acids is 1. The average molecular weight is 312 g/mol. The minimum absolute atomic E-state index is 0.134. The molecule has 0 atom stereocenters. The van der Waals surface area contributed by atoms with Gasteiger partial charge >= 0.3 is 0 Å². The topological polar surface area (TPSA) is 29.1 Å². The summed E-state index contributed by atoms with van der Waals surface area (Å²) in [6, 6.07) is 11.4. The fourth-order valence-corrected chi connectivity index (χ4v) is 1.99. The third-order valence-corrected chi connectivity index (χ3v) is 3.26. The normalized spacial score (nSPS) is 10.3. The summed E-state index contributed by atoms with van der Waals surface area (Å²) < 4.78 is 13.5. The zero-order valence-corrected chi connectivity index (χ0v) is 12.0. The van der Waals surface area contributed by atoms with Crippen LogP contribution in [0.15, 0.2) is 42.5 Å². The fraction of sp³-hybridized carbons (Fsp3) is 0.133. The molecule has 20 heavy (non-hydrogen) atoms. The first-order valence-corrected chi connectivity index (χ1v) is 6.75. The molecule has 0 aliphatic rings. The van der Waals surface area contributed by atoms with E-state index in [0.717, 1.165) is 5.56 Å². The minimum Gasteiger partial charge on any atom is -0.352 e. The third-order valence-electron chi connectivity index (χ3n) is 2.77. The Morgan fingerprint density at radius 1 is 1.05 bits per heavy atom. The van der Waals surface area contributed by atoms with E-state index in [0.29, 0.717) is 15.6 Å². The van der Waals surface area contributed by atoms with Crippen LogP contribution in [-0.2, 0) is 17.8 Å². The van der Waals surface area contributed by atoms with E-state index >= 15 is 0 Å². The van der Waals surface area contributed by atoms with E-state index < -0.39 is 5.82 Å². The van der Waals surface area contributed by atoms with Gasteiger partial charge in [0.15, 0.2) is 0 Å². The Morgan fingerprint density at radius 2 is 1.70 bits per heavy atom. The molecular formula is C15H12Cl2FNO. The average Bonchev–Trinajstić information content (AvgIpc) is 2.40. The summed E-state index contributed by atoms with van der Waals surface area (Å²) in [6.45, 7) is 0.134. The van der Waals surface area contributed by atoms with Crippen molar-refractivity contribution in [3.8, 4) is 0 Å². The predicted molar refractivity (Wildman–Crippen MR) is 78.4 cm³/mol. The molecule has 1 amide bonds. The zero-order chi connectivity index (χ0) is 14.5. The van der Waals surface area contributed by atoms with Crippen molar-refractivity contribution in [1.82, 2.24) is 5.32 Å². The summed E-state index contributed by atoms with van der Waals surface area (Å²) >= 11 is 11.4. The second-order valence-electron chi connectivity index (χ2n) is 4.32. The van der Waals surface area contributed by atoms with Gasteiger partial charge in [-0.05, 0) is 29.8 Å². The molecule has 2 aromatic carbocycles. The second-order valence-corrected chi connectivity index (χ2v) is 5.19. The zero-order valence-electron chi connectivity index (χ0n) is 10.5. The van der Waals surface area contributed by atoms with Gasteiger partial charge in [0.1, 0.15) is 5.82 Å². The van der Waals surface area contributed by atoms with Gasteiger partial charge < -0.3 is 5.32 Å². The molecule has 5 heteroatoms. The summed E-state index contributed by atoms with van der Waals surface area (Å²) in [6.07, 6.45) is 0.229. The van der Waals surface area contributed by atoms with Gasteiger partial charge in [0.2, 0.25) is 5.91 Å². The Bertz CT molecular complexity index is 614. The van der Waals surface area contributed by atoms with Crippen LogP contribution in [0.4, 0.5) is 4.39 Å². The van der Waals surface area contributed by atoms with Crippen molar-refractivity contribution in [1.29, 1.82) is 0 Å². The lowest BCUT2D eigenvalue weighted by molar-refractivity contribution is -0.120. The lowest BCUT2D eigenvalue weighted by Gasteiger charge is -2.07. The molecule has 0 radical (unpaired) electrons. The smallest absolute Gasteiger partial charge is 0.224 e. The molecule has 0 saturated heterocycles. The Balaban J connectivity index is 1.90. The number of benzene rings is 2.